The number of benzene rings is 1. The van der Waals surface area contributed by atoms with E-state index in [9.17, 15) is 17.3 Å². The topological polar surface area (TPSA) is 59.6 Å². The fraction of sp³-hybridized carbons (Fsp3) is 0.143. The molecule has 0 atom stereocenters. The van der Waals surface area contributed by atoms with E-state index in [1.165, 1.54) is 0 Å². The minimum Gasteiger partial charge on any atom is -0.418 e. The van der Waals surface area contributed by atoms with Gasteiger partial charge in [-0.2, -0.15) is 0 Å². The van der Waals surface area contributed by atoms with Gasteiger partial charge in [0.1, 0.15) is 0 Å². The minimum atomic E-state index is -6.00. The van der Waals surface area contributed by atoms with Crippen LogP contribution in [0.5, 0.6) is 0 Å². The molecule has 15 heavy (non-hydrogen) atoms. The van der Waals surface area contributed by atoms with Crippen molar-refractivity contribution in [3.63, 3.8) is 0 Å². The largest absolute Gasteiger partial charge is 0.673 e. The Balaban J connectivity index is 0. The highest BCUT2D eigenvalue weighted by Crippen LogP contribution is 2.06. The zero-order chi connectivity index (χ0) is 12.3. The monoisotopic (exact) mass is 223 g/mol. The summed E-state index contributed by atoms with van der Waals surface area (Å²) in [5, 5.41) is 14.0. The number of hydrogen-bond acceptors (Lipinski definition) is 2. The normalized spacial score (nSPS) is 8.73. The average molecular weight is 223 g/mol. The van der Waals surface area contributed by atoms with Gasteiger partial charge in [0.25, 0.3) is 0 Å². The molecule has 0 fully saturated rings. The number of nitrogens with zero attached hydrogens (tertiary/aromatic N) is 1. The summed E-state index contributed by atoms with van der Waals surface area (Å²) in [6.07, 6.45) is 0. The second-order valence-corrected chi connectivity index (χ2v) is 2.11. The Morgan fingerprint density at radius 1 is 1.07 bits per heavy atom. The first-order chi connectivity index (χ1) is 6.93. The molecular formula is C7H10BF4N3. The van der Waals surface area contributed by atoms with E-state index in [1.807, 2.05) is 37.4 Å². The van der Waals surface area contributed by atoms with Gasteiger partial charge in [0.2, 0.25) is 5.39 Å². The molecule has 2 N–H and O–H groups in total. The van der Waals surface area contributed by atoms with Crippen molar-refractivity contribution in [1.29, 1.82) is 5.39 Å². The Morgan fingerprint density at radius 2 is 1.40 bits per heavy atom. The Hall–Kier alpha value is -1.78. The van der Waals surface area contributed by atoms with Crippen molar-refractivity contribution in [2.45, 2.75) is 0 Å². The fourth-order valence-electron chi connectivity index (χ4n) is 0.605. The van der Waals surface area contributed by atoms with E-state index in [4.69, 9.17) is 10.8 Å². The highest BCUT2D eigenvalue weighted by molar-refractivity contribution is 6.50. The van der Waals surface area contributed by atoms with Crippen molar-refractivity contribution >= 4 is 12.9 Å². The summed E-state index contributed by atoms with van der Waals surface area (Å²) < 4.78 is 39.0. The maximum atomic E-state index is 9.75. The van der Waals surface area contributed by atoms with E-state index >= 15 is 0 Å². The highest BCUT2D eigenvalue weighted by Gasteiger charge is 2.20. The first-order valence-electron chi connectivity index (χ1n) is 3.76. The van der Waals surface area contributed by atoms with Crippen molar-refractivity contribution in [2.75, 3.05) is 12.4 Å². The lowest BCUT2D eigenvalue weighted by atomic mass is 10.3. The molecule has 8 heteroatoms. The van der Waals surface area contributed by atoms with E-state index in [2.05, 4.69) is 5.32 Å². The molecule has 0 unspecified atom stereocenters. The van der Waals surface area contributed by atoms with Gasteiger partial charge in [-0.15, -0.1) is 0 Å². The van der Waals surface area contributed by atoms with Crippen LogP contribution in [-0.2, 0) is 0 Å². The number of diazo groups is 1. The van der Waals surface area contributed by atoms with Gasteiger partial charge in [-0.3, -0.25) is 0 Å². The third-order valence-electron chi connectivity index (χ3n) is 1.06. The summed E-state index contributed by atoms with van der Waals surface area (Å²) in [7, 11) is -4.09. The quantitative estimate of drug-likeness (QED) is 0.428. The van der Waals surface area contributed by atoms with Crippen molar-refractivity contribution < 1.29 is 22.7 Å². The lowest BCUT2D eigenvalue weighted by Gasteiger charge is -1.94. The number of rotatable bonds is 1. The Labute approximate surface area is 84.6 Å². The van der Waals surface area contributed by atoms with Crippen molar-refractivity contribution in [3.8, 4) is 0 Å². The van der Waals surface area contributed by atoms with Gasteiger partial charge in [-0.05, 0) is 12.1 Å². The molecule has 3 nitrogen and oxygen atoms in total. The number of nitrogens with one attached hydrogen (secondary N) is 2. The maximum absolute atomic E-state index is 9.75. The molecule has 0 saturated heterocycles. The summed E-state index contributed by atoms with van der Waals surface area (Å²) in [6.45, 7) is 0. The Bertz CT molecular complexity index is 256. The zero-order valence-corrected chi connectivity index (χ0v) is 7.92. The van der Waals surface area contributed by atoms with Gasteiger partial charge in [0.05, 0.1) is 5.39 Å². The third-order valence-corrected chi connectivity index (χ3v) is 1.06. The predicted octanol–water partition coefficient (Wildman–Crippen LogP) is 1.31. The van der Waals surface area contributed by atoms with Crippen LogP contribution in [0.25, 0.3) is 0 Å². The average Bonchev–Trinajstić information content (AvgIpc) is 2.20. The number of hydrogen-bond donors (Lipinski definition) is 2. The summed E-state index contributed by atoms with van der Waals surface area (Å²) in [5.74, 6) is 0. The summed E-state index contributed by atoms with van der Waals surface area (Å²) in [6, 6.07) is 10.1. The fourth-order valence-corrected chi connectivity index (χ4v) is 0.605. The molecular weight excluding hydrogens is 213 g/mol. The maximum Gasteiger partial charge on any atom is 0.673 e. The number of halogens is 4. The molecule has 84 valence electrons. The van der Waals surface area contributed by atoms with Gasteiger partial charge >= 0.3 is 7.25 Å². The standard InChI is InChI=1S/C7H9N.BF4.N2/c1-8-7-5-3-2-4-6-7;2-1(3,4)5;1-2/h2-6,8H,1H3;;/q;-1;/p+1. The van der Waals surface area contributed by atoms with E-state index in [1.54, 1.807) is 0 Å². The van der Waals surface area contributed by atoms with E-state index < -0.39 is 7.25 Å². The Kier molecular flexibility index (Phi) is 9.21. The molecule has 0 aliphatic heterocycles. The van der Waals surface area contributed by atoms with Crippen LogP contribution in [0.2, 0.25) is 0 Å². The summed E-state index contributed by atoms with van der Waals surface area (Å²) in [5.41, 5.74) is 1.16. The second kappa shape index (κ2) is 8.81. The molecule has 0 aliphatic rings. The molecule has 0 amide bonds. The van der Waals surface area contributed by atoms with Gasteiger partial charge in [0.15, 0.2) is 0 Å². The SMILES string of the molecule is CNc1ccccc1.F[B-](F)(F)F.N#[NH+]. The Morgan fingerprint density at radius 3 is 1.60 bits per heavy atom. The van der Waals surface area contributed by atoms with E-state index in [0.29, 0.717) is 0 Å². The first-order valence-corrected chi connectivity index (χ1v) is 3.76. The smallest absolute Gasteiger partial charge is 0.418 e. The van der Waals surface area contributed by atoms with Crippen LogP contribution in [0.3, 0.4) is 0 Å². The van der Waals surface area contributed by atoms with Gasteiger partial charge in [0, 0.05) is 12.7 Å². The molecule has 1 aromatic rings. The van der Waals surface area contributed by atoms with E-state index in [-0.39, 0.29) is 0 Å². The number of para-hydroxylation sites is 1. The second-order valence-electron chi connectivity index (χ2n) is 2.11. The molecule has 0 spiro atoms. The molecule has 0 heterocycles. The van der Waals surface area contributed by atoms with E-state index in [0.717, 1.165) is 5.69 Å². The molecule has 0 saturated carbocycles. The van der Waals surface area contributed by atoms with Crippen molar-refractivity contribution in [2.24, 2.45) is 0 Å². The predicted molar refractivity (Wildman–Crippen MR) is 48.9 cm³/mol. The lowest BCUT2D eigenvalue weighted by Crippen LogP contribution is -2.11. The van der Waals surface area contributed by atoms with Gasteiger partial charge in [-0.1, -0.05) is 18.2 Å². The summed E-state index contributed by atoms with van der Waals surface area (Å²) >= 11 is 0. The van der Waals surface area contributed by atoms with Crippen molar-refractivity contribution in [1.82, 2.24) is 0 Å². The van der Waals surface area contributed by atoms with Crippen LogP contribution in [0.15, 0.2) is 30.3 Å². The van der Waals surface area contributed by atoms with Crippen LogP contribution in [-0.4, -0.2) is 14.3 Å². The third kappa shape index (κ3) is 18.9. The minimum absolute atomic E-state index is 1.16. The molecule has 1 aromatic carbocycles. The van der Waals surface area contributed by atoms with Gasteiger partial charge < -0.3 is 22.6 Å². The molecule has 1 rings (SSSR count). The molecule has 0 aliphatic carbocycles. The van der Waals surface area contributed by atoms with Crippen LogP contribution in [0.1, 0.15) is 0 Å². The summed E-state index contributed by atoms with van der Waals surface area (Å²) in [4.78, 5) is 0. The zero-order valence-electron chi connectivity index (χ0n) is 7.92. The highest BCUT2D eigenvalue weighted by atomic mass is 19.5. The van der Waals surface area contributed by atoms with Crippen LogP contribution < -0.4 is 10.7 Å². The number of anilines is 1. The molecule has 0 bridgehead atoms. The van der Waals surface area contributed by atoms with Gasteiger partial charge in [-0.25, -0.2) is 0 Å². The molecule has 0 aromatic heterocycles. The van der Waals surface area contributed by atoms with Crippen LogP contribution >= 0.6 is 0 Å². The lowest BCUT2D eigenvalue weighted by molar-refractivity contribution is -0.175. The molecule has 0 radical (unpaired) electrons. The van der Waals surface area contributed by atoms with Crippen LogP contribution in [0, 0.1) is 5.39 Å². The first kappa shape index (κ1) is 15.7. The van der Waals surface area contributed by atoms with Crippen molar-refractivity contribution in [3.05, 3.63) is 30.3 Å². The van der Waals surface area contributed by atoms with Crippen LogP contribution in [0.4, 0.5) is 23.0 Å².